The molecule has 1 aliphatic rings. The van der Waals surface area contributed by atoms with Gasteiger partial charge in [0.1, 0.15) is 11.4 Å². The highest BCUT2D eigenvalue weighted by Gasteiger charge is 2.24. The van der Waals surface area contributed by atoms with E-state index in [4.69, 9.17) is 4.63 Å². The molecule has 4 aromatic rings. The normalized spacial score (nSPS) is 14.8. The lowest BCUT2D eigenvalue weighted by Gasteiger charge is -2.36. The van der Waals surface area contributed by atoms with E-state index in [1.807, 2.05) is 30.5 Å². The van der Waals surface area contributed by atoms with Gasteiger partial charge in [0.2, 0.25) is 0 Å². The van der Waals surface area contributed by atoms with Crippen LogP contribution in [0.2, 0.25) is 0 Å². The van der Waals surface area contributed by atoms with Gasteiger partial charge in [0.15, 0.2) is 22.5 Å². The quantitative estimate of drug-likeness (QED) is 0.149. The summed E-state index contributed by atoms with van der Waals surface area (Å²) in [7, 11) is 3.94. The standard InChI is InChI=1S/C23H25N7O4S/c1-28(2)35-17-8-7-16(18-19(17)27-34-26-18)30-11-9-29(10-12-30)13-24-20-21(25-33)23(32)15-6-4-3-5-14(15)22(20)31/h3-8,24,31-32H,9-13H2,1-2H3. The first-order valence-electron chi connectivity index (χ1n) is 11.1. The van der Waals surface area contributed by atoms with Crippen molar-refractivity contribution < 1.29 is 14.8 Å². The van der Waals surface area contributed by atoms with E-state index in [-0.39, 0.29) is 22.9 Å². The van der Waals surface area contributed by atoms with E-state index in [2.05, 4.69) is 30.6 Å². The number of benzene rings is 3. The molecule has 1 saturated heterocycles. The summed E-state index contributed by atoms with van der Waals surface area (Å²) in [6.45, 7) is 3.34. The fourth-order valence-electron chi connectivity index (χ4n) is 4.34. The highest BCUT2D eigenvalue weighted by molar-refractivity contribution is 7.97. The molecule has 0 unspecified atom stereocenters. The van der Waals surface area contributed by atoms with Crippen molar-refractivity contribution >= 4 is 50.8 Å². The van der Waals surface area contributed by atoms with Gasteiger partial charge in [-0.3, -0.25) is 9.21 Å². The third-order valence-electron chi connectivity index (χ3n) is 6.06. The SMILES string of the molecule is CN(C)Sc1ccc(N2CCN(CNc3c(N=O)c(O)c4ccccc4c3O)CC2)c2nonc12. The molecular formula is C23H25N7O4S. The van der Waals surface area contributed by atoms with Crippen LogP contribution in [0.25, 0.3) is 21.8 Å². The summed E-state index contributed by atoms with van der Waals surface area (Å²) < 4.78 is 7.04. The van der Waals surface area contributed by atoms with Crippen molar-refractivity contribution in [3.05, 3.63) is 41.3 Å². The number of phenols is 2. The highest BCUT2D eigenvalue weighted by Crippen LogP contribution is 2.48. The molecule has 0 amide bonds. The van der Waals surface area contributed by atoms with Crippen LogP contribution < -0.4 is 10.2 Å². The maximum atomic E-state index is 11.5. The van der Waals surface area contributed by atoms with Gasteiger partial charge in [-0.05, 0) is 53.7 Å². The van der Waals surface area contributed by atoms with Gasteiger partial charge in [-0.2, -0.15) is 0 Å². The lowest BCUT2D eigenvalue weighted by molar-refractivity contribution is 0.274. The first kappa shape index (κ1) is 23.1. The number of fused-ring (bicyclic) bond motifs is 2. The van der Waals surface area contributed by atoms with Crippen molar-refractivity contribution in [3.8, 4) is 11.5 Å². The summed E-state index contributed by atoms with van der Waals surface area (Å²) in [4.78, 5) is 16.8. The van der Waals surface area contributed by atoms with E-state index in [0.717, 1.165) is 47.8 Å². The number of hydrogen-bond donors (Lipinski definition) is 3. The largest absolute Gasteiger partial charge is 0.505 e. The molecule has 0 spiro atoms. The molecule has 3 aromatic carbocycles. The molecule has 1 fully saturated rings. The molecule has 0 saturated carbocycles. The van der Waals surface area contributed by atoms with E-state index in [1.165, 1.54) is 0 Å². The summed E-state index contributed by atoms with van der Waals surface area (Å²) >= 11 is 1.57. The number of piperazine rings is 1. The van der Waals surface area contributed by atoms with Crippen molar-refractivity contribution in [2.75, 3.05) is 57.2 Å². The van der Waals surface area contributed by atoms with Gasteiger partial charge in [0.05, 0.1) is 17.3 Å². The van der Waals surface area contributed by atoms with E-state index < -0.39 is 0 Å². The molecular weight excluding hydrogens is 470 g/mol. The average molecular weight is 496 g/mol. The molecule has 35 heavy (non-hydrogen) atoms. The van der Waals surface area contributed by atoms with Crippen molar-refractivity contribution in [2.45, 2.75) is 4.90 Å². The van der Waals surface area contributed by atoms with Crippen LogP contribution in [-0.4, -0.2) is 76.7 Å². The van der Waals surface area contributed by atoms with Crippen LogP contribution in [0, 0.1) is 4.91 Å². The van der Waals surface area contributed by atoms with Crippen molar-refractivity contribution in [2.24, 2.45) is 5.18 Å². The second-order valence-electron chi connectivity index (χ2n) is 8.45. The zero-order chi connectivity index (χ0) is 24.5. The predicted octanol–water partition coefficient (Wildman–Crippen LogP) is 3.95. The van der Waals surface area contributed by atoms with E-state index in [1.54, 1.807) is 36.2 Å². The molecule has 2 heterocycles. The topological polar surface area (TPSA) is 131 Å². The Labute approximate surface area is 205 Å². The number of phenolic OH excluding ortho intramolecular Hbond substituents is 2. The predicted molar refractivity (Wildman–Crippen MR) is 136 cm³/mol. The zero-order valence-electron chi connectivity index (χ0n) is 19.3. The Morgan fingerprint density at radius 3 is 2.40 bits per heavy atom. The summed E-state index contributed by atoms with van der Waals surface area (Å²) in [5, 5.41) is 36.4. The van der Waals surface area contributed by atoms with Crippen LogP contribution in [0.5, 0.6) is 11.5 Å². The van der Waals surface area contributed by atoms with Crippen LogP contribution in [0.4, 0.5) is 17.1 Å². The minimum atomic E-state index is -0.248. The molecule has 1 aromatic heterocycles. The number of nitroso groups, excluding NO2 is 1. The van der Waals surface area contributed by atoms with Gasteiger partial charge in [-0.25, -0.2) is 4.63 Å². The Kier molecular flexibility index (Phi) is 6.32. The molecule has 1 aliphatic heterocycles. The second-order valence-corrected chi connectivity index (χ2v) is 9.80. The van der Waals surface area contributed by atoms with Gasteiger partial charge in [-0.15, -0.1) is 4.91 Å². The smallest absolute Gasteiger partial charge is 0.177 e. The maximum Gasteiger partial charge on any atom is 0.177 e. The molecule has 0 atom stereocenters. The van der Waals surface area contributed by atoms with Gasteiger partial charge in [-0.1, -0.05) is 24.3 Å². The maximum absolute atomic E-state index is 11.5. The van der Waals surface area contributed by atoms with Crippen LogP contribution in [0.3, 0.4) is 0 Å². The Hall–Kier alpha value is -3.61. The minimum absolute atomic E-state index is 0.108. The number of nitrogens with one attached hydrogen (secondary N) is 1. The molecule has 182 valence electrons. The summed E-state index contributed by atoms with van der Waals surface area (Å²) in [6.07, 6.45) is 0. The van der Waals surface area contributed by atoms with Crippen LogP contribution in [-0.2, 0) is 0 Å². The monoisotopic (exact) mass is 495 g/mol. The fraction of sp³-hybridized carbons (Fsp3) is 0.304. The number of aromatic hydroxyl groups is 2. The third-order valence-corrected chi connectivity index (χ3v) is 6.95. The van der Waals surface area contributed by atoms with Crippen LogP contribution >= 0.6 is 11.9 Å². The zero-order valence-corrected chi connectivity index (χ0v) is 20.1. The molecule has 0 bridgehead atoms. The van der Waals surface area contributed by atoms with Gasteiger partial charge in [0, 0.05) is 37.0 Å². The van der Waals surface area contributed by atoms with Gasteiger partial charge < -0.3 is 20.4 Å². The molecule has 3 N–H and O–H groups in total. The minimum Gasteiger partial charge on any atom is -0.505 e. The average Bonchev–Trinajstić information content (AvgIpc) is 3.36. The Morgan fingerprint density at radius 1 is 1.03 bits per heavy atom. The molecule has 0 aliphatic carbocycles. The van der Waals surface area contributed by atoms with E-state index >= 15 is 0 Å². The van der Waals surface area contributed by atoms with Crippen LogP contribution in [0.1, 0.15) is 0 Å². The Balaban J connectivity index is 1.29. The number of nitrogens with zero attached hydrogens (tertiary/aromatic N) is 6. The van der Waals surface area contributed by atoms with Crippen LogP contribution in [0.15, 0.2) is 51.1 Å². The number of rotatable bonds is 7. The highest BCUT2D eigenvalue weighted by atomic mass is 32.2. The lowest BCUT2D eigenvalue weighted by atomic mass is 10.1. The molecule has 0 radical (unpaired) electrons. The van der Waals surface area contributed by atoms with Crippen molar-refractivity contribution in [3.63, 3.8) is 0 Å². The number of aromatic nitrogens is 2. The molecule has 12 heteroatoms. The Morgan fingerprint density at radius 2 is 1.71 bits per heavy atom. The third kappa shape index (κ3) is 4.31. The second kappa shape index (κ2) is 9.56. The number of hydrogen-bond acceptors (Lipinski definition) is 12. The summed E-state index contributed by atoms with van der Waals surface area (Å²) in [5.74, 6) is -0.356. The first-order chi connectivity index (χ1) is 17.0. The summed E-state index contributed by atoms with van der Waals surface area (Å²) in [6, 6.07) is 10.9. The van der Waals surface area contributed by atoms with E-state index in [9.17, 15) is 15.1 Å². The van der Waals surface area contributed by atoms with Gasteiger partial charge >= 0.3 is 0 Å². The summed E-state index contributed by atoms with van der Waals surface area (Å²) in [5.41, 5.74) is 2.38. The lowest BCUT2D eigenvalue weighted by Crippen LogP contribution is -2.48. The van der Waals surface area contributed by atoms with Crippen molar-refractivity contribution in [1.82, 2.24) is 19.5 Å². The van der Waals surface area contributed by atoms with Gasteiger partial charge in [0.25, 0.3) is 0 Å². The molecule has 11 nitrogen and oxygen atoms in total. The van der Waals surface area contributed by atoms with Crippen molar-refractivity contribution in [1.29, 1.82) is 0 Å². The fourth-order valence-corrected chi connectivity index (χ4v) is 5.08. The van der Waals surface area contributed by atoms with E-state index in [0.29, 0.717) is 17.4 Å². The number of anilines is 2. The first-order valence-corrected chi connectivity index (χ1v) is 11.9. The molecule has 5 rings (SSSR count). The Bertz CT molecular complexity index is 1390.